The first-order chi connectivity index (χ1) is 15.6. The summed E-state index contributed by atoms with van der Waals surface area (Å²) in [4.78, 5) is 2.12. The van der Waals surface area contributed by atoms with Gasteiger partial charge in [-0.2, -0.15) is 0 Å². The van der Waals surface area contributed by atoms with Crippen molar-refractivity contribution in [3.05, 3.63) is 65.5 Å². The smallest absolute Gasteiger partial charge is 0.229 e. The van der Waals surface area contributed by atoms with E-state index >= 15 is 0 Å². The molecule has 184 valence electrons. The lowest BCUT2D eigenvalue weighted by Crippen LogP contribution is -2.41. The van der Waals surface area contributed by atoms with Gasteiger partial charge in [-0.3, -0.25) is 9.62 Å². The predicted molar refractivity (Wildman–Crippen MR) is 135 cm³/mol. The fourth-order valence-corrected chi connectivity index (χ4v) is 7.36. The third-order valence-electron chi connectivity index (χ3n) is 6.07. The van der Waals surface area contributed by atoms with E-state index in [1.54, 1.807) is 6.07 Å². The molecule has 0 aliphatic rings. The summed E-state index contributed by atoms with van der Waals surface area (Å²) < 4.78 is 46.9. The molecule has 0 radical (unpaired) electrons. The van der Waals surface area contributed by atoms with Gasteiger partial charge in [0.25, 0.3) is 0 Å². The quantitative estimate of drug-likeness (QED) is 0.369. The van der Waals surface area contributed by atoms with E-state index in [2.05, 4.69) is 30.4 Å². The van der Waals surface area contributed by atoms with Crippen molar-refractivity contribution in [2.45, 2.75) is 51.6 Å². The van der Waals surface area contributed by atoms with Crippen molar-refractivity contribution in [2.24, 2.45) is 0 Å². The van der Waals surface area contributed by atoms with Crippen molar-refractivity contribution < 1.29 is 22.3 Å². The van der Waals surface area contributed by atoms with E-state index < -0.39 is 24.2 Å². The highest BCUT2D eigenvalue weighted by Gasteiger charge is 2.33. The molecule has 2 aromatic carbocycles. The van der Waals surface area contributed by atoms with Gasteiger partial charge in [-0.25, -0.2) is 12.8 Å². The Hall–Kier alpha value is -1.78. The van der Waals surface area contributed by atoms with E-state index in [-0.39, 0.29) is 18.4 Å². The van der Waals surface area contributed by atoms with Crippen LogP contribution in [0.1, 0.15) is 38.0 Å². The topological polar surface area (TPSA) is 78.9 Å². The van der Waals surface area contributed by atoms with Crippen molar-refractivity contribution in [1.82, 2.24) is 4.90 Å². The first kappa shape index (κ1) is 27.5. The van der Waals surface area contributed by atoms with Gasteiger partial charge >= 0.3 is 0 Å². The molecule has 0 spiro atoms. The van der Waals surface area contributed by atoms with Gasteiger partial charge in [0.15, 0.2) is 8.32 Å². The molecule has 0 fully saturated rings. The number of sulfonamides is 1. The lowest BCUT2D eigenvalue weighted by atomic mass is 10.1. The first-order valence-corrected chi connectivity index (χ1v) is 15.9. The lowest BCUT2D eigenvalue weighted by Gasteiger charge is -2.36. The van der Waals surface area contributed by atoms with Gasteiger partial charge in [-0.1, -0.05) is 57.2 Å². The number of hydrogen-bond donors (Lipinski definition) is 2. The third kappa shape index (κ3) is 8.50. The van der Waals surface area contributed by atoms with Gasteiger partial charge in [0.1, 0.15) is 5.82 Å². The fraction of sp³-hybridized carbons (Fsp3) is 0.500. The van der Waals surface area contributed by atoms with Crippen molar-refractivity contribution in [3.63, 3.8) is 0 Å². The summed E-state index contributed by atoms with van der Waals surface area (Å²) >= 11 is 0. The number of rotatable bonds is 14. The molecule has 2 rings (SSSR count). The van der Waals surface area contributed by atoms with Crippen LogP contribution in [0.4, 0.5) is 10.1 Å². The van der Waals surface area contributed by atoms with Crippen LogP contribution in [-0.4, -0.2) is 52.7 Å². The van der Waals surface area contributed by atoms with E-state index in [4.69, 9.17) is 4.43 Å². The highest BCUT2D eigenvalue weighted by Crippen LogP contribution is 2.32. The number of halogens is 1. The van der Waals surface area contributed by atoms with Crippen molar-refractivity contribution in [3.8, 4) is 0 Å². The average Bonchev–Trinajstić information content (AvgIpc) is 2.78. The highest BCUT2D eigenvalue weighted by molar-refractivity contribution is 7.92. The van der Waals surface area contributed by atoms with Gasteiger partial charge in [-0.05, 0) is 41.4 Å². The standard InChI is InChI=1S/C24H37FN2O4SSi/c1-5-33(6-2,7-3)31-24(19-27(15-16-28)18-20-11-9-8-10-12-20)21-13-14-22(25)23(17-21)26-32(4,29)30/h8-14,17,24,26,28H,5-7,15-16,18-19H2,1-4H3. The molecular weight excluding hydrogens is 459 g/mol. The summed E-state index contributed by atoms with van der Waals surface area (Å²) in [5.41, 5.74) is 1.75. The summed E-state index contributed by atoms with van der Waals surface area (Å²) in [7, 11) is -5.67. The van der Waals surface area contributed by atoms with Crippen LogP contribution >= 0.6 is 0 Å². The van der Waals surface area contributed by atoms with Crippen LogP contribution in [0.15, 0.2) is 48.5 Å². The molecule has 1 unspecified atom stereocenters. The number of benzene rings is 2. The predicted octanol–water partition coefficient (Wildman–Crippen LogP) is 4.75. The molecule has 1 atom stereocenters. The molecular formula is C24H37FN2O4SSi. The lowest BCUT2D eigenvalue weighted by molar-refractivity contribution is 0.104. The van der Waals surface area contributed by atoms with Crippen LogP contribution in [0, 0.1) is 5.82 Å². The van der Waals surface area contributed by atoms with Gasteiger partial charge in [0.2, 0.25) is 10.0 Å². The number of hydrogen-bond acceptors (Lipinski definition) is 5. The summed E-state index contributed by atoms with van der Waals surface area (Å²) in [6.07, 6.45) is 0.617. The minimum atomic E-state index is -3.63. The van der Waals surface area contributed by atoms with E-state index in [1.807, 2.05) is 30.3 Å². The van der Waals surface area contributed by atoms with Crippen LogP contribution in [-0.2, 0) is 21.0 Å². The summed E-state index contributed by atoms with van der Waals surface area (Å²) in [6, 6.07) is 17.3. The van der Waals surface area contributed by atoms with Crippen LogP contribution in [0.5, 0.6) is 0 Å². The van der Waals surface area contributed by atoms with Gasteiger partial charge < -0.3 is 9.53 Å². The van der Waals surface area contributed by atoms with Gasteiger partial charge in [0, 0.05) is 19.6 Å². The Morgan fingerprint density at radius 2 is 1.73 bits per heavy atom. The van der Waals surface area contributed by atoms with Crippen molar-refractivity contribution in [1.29, 1.82) is 0 Å². The Bertz CT molecular complexity index is 963. The Kier molecular flexibility index (Phi) is 10.5. The maximum atomic E-state index is 14.4. The molecule has 0 saturated carbocycles. The van der Waals surface area contributed by atoms with E-state index in [0.29, 0.717) is 25.2 Å². The fourth-order valence-electron chi connectivity index (χ4n) is 3.99. The molecule has 2 aromatic rings. The Labute approximate surface area is 199 Å². The van der Waals surface area contributed by atoms with Gasteiger partial charge in [0.05, 0.1) is 24.7 Å². The Morgan fingerprint density at radius 1 is 1.09 bits per heavy atom. The molecule has 0 aliphatic heterocycles. The number of nitrogens with one attached hydrogen (secondary N) is 1. The summed E-state index contributed by atoms with van der Waals surface area (Å²) in [6.45, 7) is 8.03. The minimum Gasteiger partial charge on any atom is -0.409 e. The SMILES string of the molecule is CC[Si](CC)(CC)OC(CN(CCO)Cc1ccccc1)c1ccc(F)c(NS(C)(=O)=O)c1. The molecule has 0 amide bonds. The second kappa shape index (κ2) is 12.6. The first-order valence-electron chi connectivity index (χ1n) is 11.5. The number of anilines is 1. The summed E-state index contributed by atoms with van der Waals surface area (Å²) in [5, 5.41) is 9.68. The third-order valence-corrected chi connectivity index (χ3v) is 11.3. The molecule has 0 bridgehead atoms. The molecule has 2 N–H and O–H groups in total. The maximum Gasteiger partial charge on any atom is 0.229 e. The number of nitrogens with zero attached hydrogens (tertiary/aromatic N) is 1. The summed E-state index contributed by atoms with van der Waals surface area (Å²) in [5.74, 6) is -0.635. The van der Waals surface area contributed by atoms with Crippen molar-refractivity contribution >= 4 is 24.0 Å². The minimum absolute atomic E-state index is 0.00175. The van der Waals surface area contributed by atoms with Crippen LogP contribution < -0.4 is 4.72 Å². The second-order valence-electron chi connectivity index (χ2n) is 8.41. The molecule has 33 heavy (non-hydrogen) atoms. The largest absolute Gasteiger partial charge is 0.409 e. The Balaban J connectivity index is 2.43. The van der Waals surface area contributed by atoms with E-state index in [0.717, 1.165) is 30.0 Å². The molecule has 9 heteroatoms. The normalized spacial score (nSPS) is 13.3. The number of aliphatic hydroxyl groups is 1. The zero-order valence-corrected chi connectivity index (χ0v) is 21.9. The van der Waals surface area contributed by atoms with E-state index in [9.17, 15) is 17.9 Å². The second-order valence-corrected chi connectivity index (χ2v) is 14.9. The van der Waals surface area contributed by atoms with Gasteiger partial charge in [-0.15, -0.1) is 0 Å². The molecule has 0 heterocycles. The number of aliphatic hydroxyl groups excluding tert-OH is 1. The van der Waals surface area contributed by atoms with Crippen LogP contribution in [0.3, 0.4) is 0 Å². The van der Waals surface area contributed by atoms with Crippen LogP contribution in [0.25, 0.3) is 0 Å². The van der Waals surface area contributed by atoms with Crippen LogP contribution in [0.2, 0.25) is 18.1 Å². The highest BCUT2D eigenvalue weighted by atomic mass is 32.2. The zero-order chi connectivity index (χ0) is 24.5. The zero-order valence-electron chi connectivity index (χ0n) is 20.1. The molecule has 0 saturated heterocycles. The maximum absolute atomic E-state index is 14.4. The molecule has 0 aliphatic carbocycles. The monoisotopic (exact) mass is 496 g/mol. The Morgan fingerprint density at radius 3 is 2.27 bits per heavy atom. The average molecular weight is 497 g/mol. The molecule has 6 nitrogen and oxygen atoms in total. The van der Waals surface area contributed by atoms with Crippen molar-refractivity contribution in [2.75, 3.05) is 30.7 Å². The van der Waals surface area contributed by atoms with E-state index in [1.165, 1.54) is 12.1 Å². The molecule has 0 aromatic heterocycles.